The van der Waals surface area contributed by atoms with Crippen LogP contribution in [0.4, 0.5) is 5.69 Å². The number of benzene rings is 1. The van der Waals surface area contributed by atoms with Gasteiger partial charge in [0.1, 0.15) is 5.54 Å². The first-order valence-electron chi connectivity index (χ1n) is 10.7. The largest absolute Gasteiger partial charge is 0.351 e. The maximum Gasteiger partial charge on any atom is 0.246 e. The summed E-state index contributed by atoms with van der Waals surface area (Å²) in [7, 11) is 0. The number of carbonyl (C=O) groups excluding carboxylic acids is 2. The summed E-state index contributed by atoms with van der Waals surface area (Å²) in [6, 6.07) is 12.0. The van der Waals surface area contributed by atoms with Gasteiger partial charge in [-0.05, 0) is 56.7 Å². The number of hydrogen-bond acceptors (Lipinski definition) is 3. The second kappa shape index (κ2) is 9.57. The Bertz CT molecular complexity index is 810. The molecule has 1 aliphatic carbocycles. The van der Waals surface area contributed by atoms with Crippen molar-refractivity contribution in [3.63, 3.8) is 0 Å². The van der Waals surface area contributed by atoms with Crippen molar-refractivity contribution in [2.75, 3.05) is 4.90 Å². The van der Waals surface area contributed by atoms with Crippen LogP contribution in [0.5, 0.6) is 0 Å². The number of aryl methyl sites for hydroxylation is 1. The van der Waals surface area contributed by atoms with Crippen LogP contribution in [0.1, 0.15) is 62.8 Å². The standard InChI is InChI=1S/C24H32N2O2S/c1-4-24(3,23(28)25-19-9-6-5-7-10-19)26(20-14-12-18(2)13-15-20)22(27)17-21-11-8-16-29-21/h8,11-16,19H,4-7,9-10,17H2,1-3H3,(H,25,28). The Labute approximate surface area is 178 Å². The molecule has 0 radical (unpaired) electrons. The number of amides is 2. The summed E-state index contributed by atoms with van der Waals surface area (Å²) in [5.74, 6) is -0.0912. The summed E-state index contributed by atoms with van der Waals surface area (Å²) >= 11 is 1.57. The van der Waals surface area contributed by atoms with E-state index in [4.69, 9.17) is 0 Å². The smallest absolute Gasteiger partial charge is 0.246 e. The summed E-state index contributed by atoms with van der Waals surface area (Å²) in [5.41, 5.74) is 0.977. The second-order valence-corrected chi connectivity index (χ2v) is 9.29. The Kier molecular flexibility index (Phi) is 7.12. The highest BCUT2D eigenvalue weighted by Crippen LogP contribution is 2.30. The Morgan fingerprint density at radius 2 is 1.83 bits per heavy atom. The Hall–Kier alpha value is -2.14. The highest BCUT2D eigenvalue weighted by Gasteiger charge is 2.42. The third-order valence-electron chi connectivity index (χ3n) is 6.06. The Morgan fingerprint density at radius 1 is 1.14 bits per heavy atom. The van der Waals surface area contributed by atoms with Gasteiger partial charge in [0.25, 0.3) is 0 Å². The van der Waals surface area contributed by atoms with Crippen LogP contribution < -0.4 is 10.2 Å². The topological polar surface area (TPSA) is 49.4 Å². The van der Waals surface area contributed by atoms with E-state index in [1.54, 1.807) is 16.2 Å². The monoisotopic (exact) mass is 412 g/mol. The van der Waals surface area contributed by atoms with E-state index in [1.807, 2.05) is 62.5 Å². The number of carbonyl (C=O) groups is 2. The van der Waals surface area contributed by atoms with Gasteiger partial charge in [-0.15, -0.1) is 11.3 Å². The first-order chi connectivity index (χ1) is 13.9. The lowest BCUT2D eigenvalue weighted by Crippen LogP contribution is -2.61. The fraction of sp³-hybridized carbons (Fsp3) is 0.500. The quantitative estimate of drug-likeness (QED) is 0.675. The van der Waals surface area contributed by atoms with Crippen LogP contribution in [0.2, 0.25) is 0 Å². The zero-order valence-corrected chi connectivity index (χ0v) is 18.6. The molecule has 0 spiro atoms. The van der Waals surface area contributed by atoms with Crippen molar-refractivity contribution in [2.24, 2.45) is 0 Å². The fourth-order valence-electron chi connectivity index (χ4n) is 4.05. The average molecular weight is 413 g/mol. The van der Waals surface area contributed by atoms with E-state index in [1.165, 1.54) is 6.42 Å². The number of anilines is 1. The zero-order valence-electron chi connectivity index (χ0n) is 17.7. The SMILES string of the molecule is CCC(C)(C(=O)NC1CCCCC1)N(C(=O)Cc1cccs1)c1ccc(C)cc1. The van der Waals surface area contributed by atoms with Gasteiger partial charge >= 0.3 is 0 Å². The summed E-state index contributed by atoms with van der Waals surface area (Å²) in [5, 5.41) is 5.24. The lowest BCUT2D eigenvalue weighted by Gasteiger charge is -2.41. The first-order valence-corrected chi connectivity index (χ1v) is 11.5. The fourth-order valence-corrected chi connectivity index (χ4v) is 4.74. The van der Waals surface area contributed by atoms with Crippen LogP contribution in [0.25, 0.3) is 0 Å². The molecular weight excluding hydrogens is 380 g/mol. The van der Waals surface area contributed by atoms with Gasteiger partial charge in [0.05, 0.1) is 6.42 Å². The molecule has 0 bridgehead atoms. The Morgan fingerprint density at radius 3 is 2.41 bits per heavy atom. The lowest BCUT2D eigenvalue weighted by atomic mass is 9.90. The average Bonchev–Trinajstić information content (AvgIpc) is 3.23. The maximum absolute atomic E-state index is 13.5. The molecule has 1 atom stereocenters. The molecule has 1 heterocycles. The van der Waals surface area contributed by atoms with Crippen LogP contribution in [-0.2, 0) is 16.0 Å². The number of rotatable bonds is 7. The van der Waals surface area contributed by atoms with Gasteiger partial charge in [-0.3, -0.25) is 14.5 Å². The molecule has 1 saturated carbocycles. The predicted octanol–water partition coefficient (Wildman–Crippen LogP) is 5.25. The third-order valence-corrected chi connectivity index (χ3v) is 6.94. The van der Waals surface area contributed by atoms with E-state index in [-0.39, 0.29) is 17.9 Å². The van der Waals surface area contributed by atoms with Crippen molar-refractivity contribution < 1.29 is 9.59 Å². The van der Waals surface area contributed by atoms with E-state index >= 15 is 0 Å². The van der Waals surface area contributed by atoms with Gasteiger partial charge in [-0.25, -0.2) is 0 Å². The molecule has 1 N–H and O–H groups in total. The lowest BCUT2D eigenvalue weighted by molar-refractivity contribution is -0.130. The molecule has 4 nitrogen and oxygen atoms in total. The first kappa shape index (κ1) is 21.6. The van der Waals surface area contributed by atoms with E-state index in [0.29, 0.717) is 12.8 Å². The van der Waals surface area contributed by atoms with Crippen molar-refractivity contribution in [3.05, 3.63) is 52.2 Å². The maximum atomic E-state index is 13.5. The van der Waals surface area contributed by atoms with Crippen LogP contribution in [0, 0.1) is 6.92 Å². The van der Waals surface area contributed by atoms with Crippen molar-refractivity contribution in [2.45, 2.75) is 77.3 Å². The van der Waals surface area contributed by atoms with Crippen molar-refractivity contribution >= 4 is 28.8 Å². The van der Waals surface area contributed by atoms with Crippen LogP contribution >= 0.6 is 11.3 Å². The molecule has 156 valence electrons. The van der Waals surface area contributed by atoms with Crippen molar-refractivity contribution in [1.82, 2.24) is 5.32 Å². The zero-order chi connectivity index (χ0) is 20.9. The molecule has 1 aliphatic rings. The van der Waals surface area contributed by atoms with E-state index in [9.17, 15) is 9.59 Å². The highest BCUT2D eigenvalue weighted by atomic mass is 32.1. The minimum absolute atomic E-state index is 0.0422. The van der Waals surface area contributed by atoms with Gasteiger partial charge in [0.15, 0.2) is 0 Å². The van der Waals surface area contributed by atoms with Crippen LogP contribution in [0.15, 0.2) is 41.8 Å². The summed E-state index contributed by atoms with van der Waals surface area (Å²) < 4.78 is 0. The molecule has 0 aliphatic heterocycles. The van der Waals surface area contributed by atoms with Gasteiger partial charge in [-0.2, -0.15) is 0 Å². The predicted molar refractivity (Wildman–Crippen MR) is 120 cm³/mol. The van der Waals surface area contributed by atoms with E-state index in [0.717, 1.165) is 41.8 Å². The van der Waals surface area contributed by atoms with Crippen LogP contribution in [-0.4, -0.2) is 23.4 Å². The number of nitrogens with zero attached hydrogens (tertiary/aromatic N) is 1. The van der Waals surface area contributed by atoms with Gasteiger partial charge in [0.2, 0.25) is 11.8 Å². The summed E-state index contributed by atoms with van der Waals surface area (Å²) in [4.78, 5) is 29.6. The minimum Gasteiger partial charge on any atom is -0.351 e. The van der Waals surface area contributed by atoms with Crippen molar-refractivity contribution in [3.8, 4) is 0 Å². The number of nitrogens with one attached hydrogen (secondary N) is 1. The number of thiophene rings is 1. The van der Waals surface area contributed by atoms with Gasteiger partial charge in [0, 0.05) is 16.6 Å². The molecular formula is C24H32N2O2S. The molecule has 2 aromatic rings. The van der Waals surface area contributed by atoms with Crippen molar-refractivity contribution in [1.29, 1.82) is 0 Å². The molecule has 3 rings (SSSR count). The van der Waals surface area contributed by atoms with Gasteiger partial charge < -0.3 is 5.32 Å². The molecule has 2 amide bonds. The summed E-state index contributed by atoms with van der Waals surface area (Å²) in [6.45, 7) is 5.91. The molecule has 1 aromatic carbocycles. The summed E-state index contributed by atoms with van der Waals surface area (Å²) in [6.07, 6.45) is 6.47. The van der Waals surface area contributed by atoms with E-state index in [2.05, 4.69) is 5.32 Å². The Balaban J connectivity index is 1.91. The minimum atomic E-state index is -0.930. The van der Waals surface area contributed by atoms with Crippen LogP contribution in [0.3, 0.4) is 0 Å². The molecule has 5 heteroatoms. The second-order valence-electron chi connectivity index (χ2n) is 8.26. The number of hydrogen-bond donors (Lipinski definition) is 1. The molecule has 1 fully saturated rings. The molecule has 29 heavy (non-hydrogen) atoms. The molecule has 0 saturated heterocycles. The normalized spacial score (nSPS) is 16.8. The molecule has 1 unspecified atom stereocenters. The molecule has 1 aromatic heterocycles. The van der Waals surface area contributed by atoms with Gasteiger partial charge in [-0.1, -0.05) is 49.9 Å². The third kappa shape index (κ3) is 5.08. The highest BCUT2D eigenvalue weighted by molar-refractivity contribution is 7.10. The van der Waals surface area contributed by atoms with E-state index < -0.39 is 5.54 Å².